The van der Waals surface area contributed by atoms with E-state index < -0.39 is 0 Å². The van der Waals surface area contributed by atoms with Crippen molar-refractivity contribution in [3.8, 4) is 0 Å². The number of halogens is 1. The van der Waals surface area contributed by atoms with Gasteiger partial charge in [0.15, 0.2) is 0 Å². The normalized spacial score (nSPS) is 21.6. The average Bonchev–Trinajstić information content (AvgIpc) is 3.07. The summed E-state index contributed by atoms with van der Waals surface area (Å²) < 4.78 is 0. The maximum absolute atomic E-state index is 13.0. The molecule has 1 amide bonds. The lowest BCUT2D eigenvalue weighted by Crippen LogP contribution is -2.63. The first-order chi connectivity index (χ1) is 13.1. The van der Waals surface area contributed by atoms with Crippen LogP contribution in [0.2, 0.25) is 5.02 Å². The van der Waals surface area contributed by atoms with E-state index >= 15 is 0 Å². The minimum atomic E-state index is -0.333. The van der Waals surface area contributed by atoms with Crippen LogP contribution in [0.25, 0.3) is 0 Å². The number of rotatable bonds is 6. The smallest absolute Gasteiger partial charge is 0.229 e. The summed E-state index contributed by atoms with van der Waals surface area (Å²) in [4.78, 5) is 15.5. The van der Waals surface area contributed by atoms with E-state index in [1.165, 1.54) is 5.56 Å². The molecule has 0 aromatic heterocycles. The number of carbonyl (C=O) groups excluding carboxylic acids is 1. The van der Waals surface area contributed by atoms with Gasteiger partial charge in [0.05, 0.1) is 5.41 Å². The molecule has 142 valence electrons. The minimum Gasteiger partial charge on any atom is -0.351 e. The highest BCUT2D eigenvalue weighted by atomic mass is 35.5. The molecule has 0 spiro atoms. The number of nitrogens with zero attached hydrogens (tertiary/aromatic N) is 1. The van der Waals surface area contributed by atoms with Crippen LogP contribution in [0, 0.1) is 5.41 Å². The van der Waals surface area contributed by atoms with Gasteiger partial charge in [0, 0.05) is 43.8 Å². The van der Waals surface area contributed by atoms with Gasteiger partial charge in [0.25, 0.3) is 0 Å². The average molecular weight is 384 g/mol. The third kappa shape index (κ3) is 4.34. The lowest BCUT2D eigenvalue weighted by molar-refractivity contribution is -0.134. The molecule has 5 heteroatoms. The highest BCUT2D eigenvalue weighted by Crippen LogP contribution is 2.29. The van der Waals surface area contributed by atoms with E-state index in [9.17, 15) is 4.79 Å². The molecule has 4 nitrogen and oxygen atoms in total. The van der Waals surface area contributed by atoms with Crippen molar-refractivity contribution in [2.75, 3.05) is 26.2 Å². The van der Waals surface area contributed by atoms with Crippen molar-refractivity contribution in [1.82, 2.24) is 15.5 Å². The molecule has 0 aliphatic carbocycles. The van der Waals surface area contributed by atoms with Crippen molar-refractivity contribution in [3.63, 3.8) is 0 Å². The molecule has 27 heavy (non-hydrogen) atoms. The van der Waals surface area contributed by atoms with Crippen molar-refractivity contribution in [2.45, 2.75) is 25.4 Å². The lowest BCUT2D eigenvalue weighted by Gasteiger charge is -2.42. The summed E-state index contributed by atoms with van der Waals surface area (Å²) in [6, 6.07) is 18.6. The van der Waals surface area contributed by atoms with Gasteiger partial charge in [-0.2, -0.15) is 0 Å². The molecule has 1 atom stereocenters. The molecule has 2 aliphatic rings. The first kappa shape index (κ1) is 18.5. The fourth-order valence-electron chi connectivity index (χ4n) is 4.06. The van der Waals surface area contributed by atoms with Crippen molar-refractivity contribution < 1.29 is 4.79 Å². The van der Waals surface area contributed by atoms with Crippen LogP contribution in [0.5, 0.6) is 0 Å². The molecular formula is C22H26ClN3O. The molecule has 4 rings (SSSR count). The van der Waals surface area contributed by atoms with Gasteiger partial charge in [-0.3, -0.25) is 9.69 Å². The van der Waals surface area contributed by atoms with Crippen LogP contribution in [0.1, 0.15) is 17.5 Å². The summed E-state index contributed by atoms with van der Waals surface area (Å²) in [5.74, 6) is 0.183. The van der Waals surface area contributed by atoms with Gasteiger partial charge in [-0.1, -0.05) is 54.1 Å². The molecule has 2 aromatic carbocycles. The van der Waals surface area contributed by atoms with Gasteiger partial charge in [-0.25, -0.2) is 0 Å². The van der Waals surface area contributed by atoms with E-state index in [1.807, 2.05) is 30.3 Å². The molecule has 2 aliphatic heterocycles. The quantitative estimate of drug-likeness (QED) is 0.806. The standard InChI is InChI=1S/C22H26ClN3O/c23-19-8-6-17(7-9-19)12-22(15-24-16-22)21(27)25-20-10-11-26(14-20)13-18-4-2-1-3-5-18/h1-9,20,24H,10-16H2,(H,25,27). The first-order valence-electron chi connectivity index (χ1n) is 9.65. The summed E-state index contributed by atoms with van der Waals surface area (Å²) in [5, 5.41) is 7.34. The monoisotopic (exact) mass is 383 g/mol. The van der Waals surface area contributed by atoms with Crippen LogP contribution >= 0.6 is 11.6 Å². The predicted molar refractivity (Wildman–Crippen MR) is 109 cm³/mol. The highest BCUT2D eigenvalue weighted by Gasteiger charge is 2.45. The summed E-state index contributed by atoms with van der Waals surface area (Å²) in [7, 11) is 0. The lowest BCUT2D eigenvalue weighted by atomic mass is 9.75. The molecular weight excluding hydrogens is 358 g/mol. The Labute approximate surface area is 165 Å². The SMILES string of the molecule is O=C(NC1CCN(Cc2ccccc2)C1)C1(Cc2ccc(Cl)cc2)CNC1. The Morgan fingerprint density at radius 1 is 1.11 bits per heavy atom. The number of hydrogen-bond acceptors (Lipinski definition) is 3. The molecule has 2 fully saturated rings. The second-order valence-corrected chi connectivity index (χ2v) is 8.30. The molecule has 1 unspecified atom stereocenters. The van der Waals surface area contributed by atoms with Crippen molar-refractivity contribution in [2.24, 2.45) is 5.41 Å². The Hall–Kier alpha value is -1.88. The second-order valence-electron chi connectivity index (χ2n) is 7.87. The van der Waals surface area contributed by atoms with E-state index in [-0.39, 0.29) is 17.4 Å². The number of amides is 1. The first-order valence-corrected chi connectivity index (χ1v) is 10.0. The Morgan fingerprint density at radius 3 is 2.52 bits per heavy atom. The number of likely N-dealkylation sites (tertiary alicyclic amines) is 1. The van der Waals surface area contributed by atoms with Crippen LogP contribution in [-0.4, -0.2) is 43.0 Å². The van der Waals surface area contributed by atoms with Gasteiger partial charge >= 0.3 is 0 Å². The summed E-state index contributed by atoms with van der Waals surface area (Å²) in [6.45, 7) is 4.38. The Bertz CT molecular complexity index is 774. The summed E-state index contributed by atoms with van der Waals surface area (Å²) in [6.07, 6.45) is 1.77. The predicted octanol–water partition coefficient (Wildman–Crippen LogP) is 2.86. The number of carbonyl (C=O) groups is 1. The van der Waals surface area contributed by atoms with E-state index in [1.54, 1.807) is 0 Å². The van der Waals surface area contributed by atoms with E-state index in [2.05, 4.69) is 39.8 Å². The van der Waals surface area contributed by atoms with Crippen LogP contribution < -0.4 is 10.6 Å². The number of benzene rings is 2. The van der Waals surface area contributed by atoms with Gasteiger partial charge in [-0.05, 0) is 36.1 Å². The van der Waals surface area contributed by atoms with E-state index in [0.717, 1.165) is 56.2 Å². The summed E-state index contributed by atoms with van der Waals surface area (Å²) in [5.41, 5.74) is 2.15. The zero-order chi connectivity index (χ0) is 18.7. The Morgan fingerprint density at radius 2 is 1.85 bits per heavy atom. The van der Waals surface area contributed by atoms with Crippen LogP contribution in [0.15, 0.2) is 54.6 Å². The topological polar surface area (TPSA) is 44.4 Å². The molecule has 2 N–H and O–H groups in total. The maximum Gasteiger partial charge on any atom is 0.229 e. The second kappa shape index (κ2) is 8.01. The number of nitrogens with one attached hydrogen (secondary N) is 2. The highest BCUT2D eigenvalue weighted by molar-refractivity contribution is 6.30. The molecule has 2 aromatic rings. The zero-order valence-electron chi connectivity index (χ0n) is 15.5. The van der Waals surface area contributed by atoms with E-state index in [4.69, 9.17) is 11.6 Å². The van der Waals surface area contributed by atoms with Crippen molar-refractivity contribution >= 4 is 17.5 Å². The maximum atomic E-state index is 13.0. The fraction of sp³-hybridized carbons (Fsp3) is 0.409. The zero-order valence-corrected chi connectivity index (χ0v) is 16.2. The molecule has 2 heterocycles. The fourth-order valence-corrected chi connectivity index (χ4v) is 4.19. The molecule has 2 saturated heterocycles. The largest absolute Gasteiger partial charge is 0.351 e. The van der Waals surface area contributed by atoms with Gasteiger partial charge in [-0.15, -0.1) is 0 Å². The molecule has 0 saturated carbocycles. The van der Waals surface area contributed by atoms with Crippen LogP contribution in [-0.2, 0) is 17.8 Å². The van der Waals surface area contributed by atoms with Crippen LogP contribution in [0.4, 0.5) is 0 Å². The third-order valence-corrected chi connectivity index (χ3v) is 5.97. The van der Waals surface area contributed by atoms with Crippen LogP contribution in [0.3, 0.4) is 0 Å². The van der Waals surface area contributed by atoms with Gasteiger partial charge < -0.3 is 10.6 Å². The Balaban J connectivity index is 1.33. The number of hydrogen-bond donors (Lipinski definition) is 2. The Kier molecular flexibility index (Phi) is 5.48. The third-order valence-electron chi connectivity index (χ3n) is 5.72. The van der Waals surface area contributed by atoms with Crippen molar-refractivity contribution in [1.29, 1.82) is 0 Å². The van der Waals surface area contributed by atoms with E-state index in [0.29, 0.717) is 0 Å². The van der Waals surface area contributed by atoms with Gasteiger partial charge in [0.1, 0.15) is 0 Å². The molecule has 0 radical (unpaired) electrons. The van der Waals surface area contributed by atoms with Crippen molar-refractivity contribution in [3.05, 3.63) is 70.7 Å². The summed E-state index contributed by atoms with van der Waals surface area (Å²) >= 11 is 5.98. The molecule has 0 bridgehead atoms. The van der Waals surface area contributed by atoms with Gasteiger partial charge in [0.2, 0.25) is 5.91 Å². The minimum absolute atomic E-state index is 0.183.